The van der Waals surface area contributed by atoms with Crippen LogP contribution in [-0.2, 0) is 0 Å². The van der Waals surface area contributed by atoms with E-state index in [2.05, 4.69) is 5.32 Å². The molecule has 1 aromatic rings. The molecule has 0 unspecified atom stereocenters. The normalized spacial score (nSPS) is 15.3. The minimum absolute atomic E-state index is 0.0775. The standard InChI is InChI=1S/C12H15NO/c1-8-4-3-5-11(9(8)2)12(14)13-10-6-7-10/h3-5,10H,6-7H2,1-2H3,(H,13,14). The quantitative estimate of drug-likeness (QED) is 0.759. The monoisotopic (exact) mass is 189 g/mol. The van der Waals surface area contributed by atoms with Gasteiger partial charge in [-0.3, -0.25) is 4.79 Å². The van der Waals surface area contributed by atoms with Gasteiger partial charge in [-0.05, 0) is 43.9 Å². The number of carbonyl (C=O) groups excluding carboxylic acids is 1. The summed E-state index contributed by atoms with van der Waals surface area (Å²) < 4.78 is 0. The molecule has 0 saturated heterocycles. The highest BCUT2D eigenvalue weighted by Crippen LogP contribution is 2.20. The van der Waals surface area contributed by atoms with Crippen LogP contribution in [0.2, 0.25) is 0 Å². The number of amides is 1. The van der Waals surface area contributed by atoms with Gasteiger partial charge < -0.3 is 5.32 Å². The summed E-state index contributed by atoms with van der Waals surface area (Å²) in [6.45, 7) is 4.03. The molecule has 2 nitrogen and oxygen atoms in total. The summed E-state index contributed by atoms with van der Waals surface area (Å²) in [5.74, 6) is 0.0775. The summed E-state index contributed by atoms with van der Waals surface area (Å²) >= 11 is 0. The van der Waals surface area contributed by atoms with E-state index in [1.165, 1.54) is 5.56 Å². The maximum Gasteiger partial charge on any atom is 0.251 e. The Bertz CT molecular complexity index is 367. The van der Waals surface area contributed by atoms with Crippen molar-refractivity contribution in [3.05, 3.63) is 34.9 Å². The van der Waals surface area contributed by atoms with Crippen molar-refractivity contribution in [3.63, 3.8) is 0 Å². The fourth-order valence-corrected chi connectivity index (χ4v) is 1.49. The molecule has 2 heteroatoms. The zero-order valence-corrected chi connectivity index (χ0v) is 8.63. The van der Waals surface area contributed by atoms with Gasteiger partial charge in [-0.1, -0.05) is 12.1 Å². The minimum atomic E-state index is 0.0775. The molecule has 1 N–H and O–H groups in total. The number of benzene rings is 1. The lowest BCUT2D eigenvalue weighted by Gasteiger charge is -2.08. The topological polar surface area (TPSA) is 29.1 Å². The number of aryl methyl sites for hydroxylation is 1. The molecule has 0 spiro atoms. The van der Waals surface area contributed by atoms with Crippen molar-refractivity contribution >= 4 is 5.91 Å². The van der Waals surface area contributed by atoms with E-state index >= 15 is 0 Å². The van der Waals surface area contributed by atoms with Gasteiger partial charge in [-0.2, -0.15) is 0 Å². The first-order valence-corrected chi connectivity index (χ1v) is 5.05. The summed E-state index contributed by atoms with van der Waals surface area (Å²) in [6, 6.07) is 6.29. The molecule has 2 rings (SSSR count). The van der Waals surface area contributed by atoms with Gasteiger partial charge in [0, 0.05) is 11.6 Å². The van der Waals surface area contributed by atoms with E-state index in [-0.39, 0.29) is 5.91 Å². The van der Waals surface area contributed by atoms with Crippen LogP contribution < -0.4 is 5.32 Å². The van der Waals surface area contributed by atoms with E-state index in [4.69, 9.17) is 0 Å². The van der Waals surface area contributed by atoms with E-state index in [9.17, 15) is 4.79 Å². The Labute approximate surface area is 84.3 Å². The van der Waals surface area contributed by atoms with Crippen LogP contribution >= 0.6 is 0 Å². The van der Waals surface area contributed by atoms with Gasteiger partial charge in [0.25, 0.3) is 5.91 Å². The lowest BCUT2D eigenvalue weighted by atomic mass is 10.0. The Morgan fingerprint density at radius 3 is 2.71 bits per heavy atom. The molecule has 1 aliphatic rings. The van der Waals surface area contributed by atoms with Crippen molar-refractivity contribution in [3.8, 4) is 0 Å². The summed E-state index contributed by atoms with van der Waals surface area (Å²) in [4.78, 5) is 11.8. The molecule has 74 valence electrons. The molecule has 1 amide bonds. The minimum Gasteiger partial charge on any atom is -0.349 e. The van der Waals surface area contributed by atoms with Gasteiger partial charge in [-0.25, -0.2) is 0 Å². The Kier molecular flexibility index (Phi) is 2.28. The predicted molar refractivity (Wildman–Crippen MR) is 56.4 cm³/mol. The molecule has 0 aliphatic heterocycles. The third-order valence-corrected chi connectivity index (χ3v) is 2.76. The van der Waals surface area contributed by atoms with Gasteiger partial charge in [0.1, 0.15) is 0 Å². The summed E-state index contributed by atoms with van der Waals surface area (Å²) in [7, 11) is 0. The van der Waals surface area contributed by atoms with Crippen LogP contribution in [0.4, 0.5) is 0 Å². The van der Waals surface area contributed by atoms with Gasteiger partial charge in [0.2, 0.25) is 0 Å². The molecule has 1 aliphatic carbocycles. The SMILES string of the molecule is Cc1cccc(C(=O)NC2CC2)c1C. The van der Waals surface area contributed by atoms with Crippen LogP contribution in [0.25, 0.3) is 0 Å². The summed E-state index contributed by atoms with van der Waals surface area (Å²) in [6.07, 6.45) is 2.27. The maximum absolute atomic E-state index is 11.8. The molecule has 1 saturated carbocycles. The average molecular weight is 189 g/mol. The largest absolute Gasteiger partial charge is 0.349 e. The van der Waals surface area contributed by atoms with Crippen LogP contribution in [0, 0.1) is 13.8 Å². The Morgan fingerprint density at radius 1 is 1.36 bits per heavy atom. The number of hydrogen-bond donors (Lipinski definition) is 1. The molecular weight excluding hydrogens is 174 g/mol. The second-order valence-corrected chi connectivity index (χ2v) is 4.00. The van der Waals surface area contributed by atoms with Crippen LogP contribution in [0.3, 0.4) is 0 Å². The first-order chi connectivity index (χ1) is 6.68. The molecule has 14 heavy (non-hydrogen) atoms. The highest BCUT2D eigenvalue weighted by Gasteiger charge is 2.24. The number of rotatable bonds is 2. The zero-order chi connectivity index (χ0) is 10.1. The maximum atomic E-state index is 11.8. The van der Waals surface area contributed by atoms with E-state index in [0.29, 0.717) is 6.04 Å². The molecule has 0 bridgehead atoms. The van der Waals surface area contributed by atoms with E-state index in [1.807, 2.05) is 32.0 Å². The van der Waals surface area contributed by atoms with Crippen molar-refractivity contribution in [2.75, 3.05) is 0 Å². The van der Waals surface area contributed by atoms with Gasteiger partial charge >= 0.3 is 0 Å². The van der Waals surface area contributed by atoms with Gasteiger partial charge in [0.05, 0.1) is 0 Å². The lowest BCUT2D eigenvalue weighted by molar-refractivity contribution is 0.0950. The third-order valence-electron chi connectivity index (χ3n) is 2.76. The summed E-state index contributed by atoms with van der Waals surface area (Å²) in [5.41, 5.74) is 3.08. The van der Waals surface area contributed by atoms with Gasteiger partial charge in [-0.15, -0.1) is 0 Å². The lowest BCUT2D eigenvalue weighted by Crippen LogP contribution is -2.26. The first kappa shape index (κ1) is 9.25. The molecule has 0 heterocycles. The highest BCUT2D eigenvalue weighted by molar-refractivity contribution is 5.96. The second kappa shape index (κ2) is 3.45. The van der Waals surface area contributed by atoms with E-state index in [0.717, 1.165) is 24.0 Å². The Hall–Kier alpha value is -1.31. The number of hydrogen-bond acceptors (Lipinski definition) is 1. The fourth-order valence-electron chi connectivity index (χ4n) is 1.49. The summed E-state index contributed by atoms with van der Waals surface area (Å²) in [5, 5.41) is 3.00. The van der Waals surface area contributed by atoms with Crippen molar-refractivity contribution in [2.45, 2.75) is 32.7 Å². The fraction of sp³-hybridized carbons (Fsp3) is 0.417. The molecule has 0 radical (unpaired) electrons. The molecular formula is C12H15NO. The molecule has 1 aromatic carbocycles. The molecule has 0 aromatic heterocycles. The van der Waals surface area contributed by atoms with Crippen molar-refractivity contribution < 1.29 is 4.79 Å². The molecule has 0 atom stereocenters. The van der Waals surface area contributed by atoms with Crippen LogP contribution in [0.1, 0.15) is 34.3 Å². The van der Waals surface area contributed by atoms with Gasteiger partial charge in [0.15, 0.2) is 0 Å². The van der Waals surface area contributed by atoms with Crippen LogP contribution in [-0.4, -0.2) is 11.9 Å². The second-order valence-electron chi connectivity index (χ2n) is 4.00. The smallest absolute Gasteiger partial charge is 0.251 e. The van der Waals surface area contributed by atoms with Crippen molar-refractivity contribution in [1.29, 1.82) is 0 Å². The van der Waals surface area contributed by atoms with E-state index < -0.39 is 0 Å². The third kappa shape index (κ3) is 1.79. The number of nitrogens with one attached hydrogen (secondary N) is 1. The number of carbonyl (C=O) groups is 1. The zero-order valence-electron chi connectivity index (χ0n) is 8.63. The van der Waals surface area contributed by atoms with Crippen molar-refractivity contribution in [1.82, 2.24) is 5.32 Å². The van der Waals surface area contributed by atoms with Crippen LogP contribution in [0.5, 0.6) is 0 Å². The van der Waals surface area contributed by atoms with Crippen LogP contribution in [0.15, 0.2) is 18.2 Å². The average Bonchev–Trinajstić information content (AvgIpc) is 2.93. The van der Waals surface area contributed by atoms with Crippen molar-refractivity contribution in [2.24, 2.45) is 0 Å². The highest BCUT2D eigenvalue weighted by atomic mass is 16.1. The first-order valence-electron chi connectivity index (χ1n) is 5.05. The molecule has 1 fully saturated rings. The van der Waals surface area contributed by atoms with E-state index in [1.54, 1.807) is 0 Å². The Morgan fingerprint density at radius 2 is 2.07 bits per heavy atom. The Balaban J connectivity index is 2.21. The predicted octanol–water partition coefficient (Wildman–Crippen LogP) is 2.20.